The number of aromatic amines is 1. The molecule has 0 aliphatic rings. The van der Waals surface area contributed by atoms with E-state index in [2.05, 4.69) is 33.6 Å². The summed E-state index contributed by atoms with van der Waals surface area (Å²) in [7, 11) is 0. The Morgan fingerprint density at radius 1 is 0.727 bits per heavy atom. The van der Waals surface area contributed by atoms with Crippen molar-refractivity contribution in [1.82, 2.24) is 20.9 Å². The number of fused-ring (bicyclic) bond motifs is 1. The van der Waals surface area contributed by atoms with Gasteiger partial charge in [-0.1, -0.05) is 60.7 Å². The number of rotatable bonds is 14. The lowest BCUT2D eigenvalue weighted by molar-refractivity contribution is -0.142. The Balaban J connectivity index is 1.48. The van der Waals surface area contributed by atoms with Gasteiger partial charge in [-0.2, -0.15) is 12.6 Å². The Labute approximate surface area is 259 Å². The Bertz CT molecular complexity index is 1590. The molecule has 3 aromatic carbocycles. The van der Waals surface area contributed by atoms with Crippen LogP contribution in [0.2, 0.25) is 0 Å². The monoisotopic (exact) mass is 617 g/mol. The molecule has 0 saturated heterocycles. The van der Waals surface area contributed by atoms with Crippen molar-refractivity contribution >= 4 is 47.2 Å². The first-order valence-electron chi connectivity index (χ1n) is 14.0. The Hall–Kier alpha value is -4.81. The van der Waals surface area contributed by atoms with Crippen LogP contribution >= 0.6 is 12.6 Å². The lowest BCUT2D eigenvalue weighted by Crippen LogP contribution is -2.58. The van der Waals surface area contributed by atoms with Gasteiger partial charge in [-0.05, 0) is 41.3 Å². The molecule has 1 heterocycles. The molecule has 0 bridgehead atoms. The van der Waals surface area contributed by atoms with Gasteiger partial charge in [0.25, 0.3) is 0 Å². The smallest absolute Gasteiger partial charge is 0.326 e. The lowest BCUT2D eigenvalue weighted by Gasteiger charge is -2.25. The van der Waals surface area contributed by atoms with Crippen LogP contribution in [-0.2, 0) is 38.4 Å². The maximum Gasteiger partial charge on any atom is 0.326 e. The summed E-state index contributed by atoms with van der Waals surface area (Å²) in [5.41, 5.74) is 9.07. The van der Waals surface area contributed by atoms with Gasteiger partial charge in [-0.3, -0.25) is 14.4 Å². The minimum absolute atomic E-state index is 0.000409. The van der Waals surface area contributed by atoms with Crippen LogP contribution in [-0.4, -0.2) is 68.8 Å². The predicted octanol–water partition coefficient (Wildman–Crippen LogP) is 1.70. The van der Waals surface area contributed by atoms with Gasteiger partial charge in [-0.25, -0.2) is 4.79 Å². The van der Waals surface area contributed by atoms with Crippen molar-refractivity contribution in [2.24, 2.45) is 5.73 Å². The Morgan fingerprint density at radius 2 is 1.32 bits per heavy atom. The van der Waals surface area contributed by atoms with Gasteiger partial charge in [0.1, 0.15) is 23.9 Å². The number of aromatic hydroxyl groups is 1. The molecule has 230 valence electrons. The van der Waals surface area contributed by atoms with Gasteiger partial charge in [0.05, 0.1) is 6.04 Å². The number of thiol groups is 1. The van der Waals surface area contributed by atoms with Crippen molar-refractivity contribution in [3.63, 3.8) is 0 Å². The van der Waals surface area contributed by atoms with E-state index in [-0.39, 0.29) is 30.8 Å². The number of carboxylic acids is 1. The fraction of sp³-hybridized carbons (Fsp3) is 0.250. The number of nitrogens with one attached hydrogen (secondary N) is 4. The van der Waals surface area contributed by atoms with Crippen molar-refractivity contribution < 1.29 is 29.4 Å². The van der Waals surface area contributed by atoms with Crippen LogP contribution in [0.3, 0.4) is 0 Å². The molecule has 4 atom stereocenters. The average molecular weight is 618 g/mol. The van der Waals surface area contributed by atoms with Gasteiger partial charge in [0.15, 0.2) is 0 Å². The van der Waals surface area contributed by atoms with E-state index in [4.69, 9.17) is 5.73 Å². The first-order chi connectivity index (χ1) is 21.1. The molecule has 0 spiro atoms. The number of nitrogens with two attached hydrogens (primary N) is 1. The number of hydrogen-bond acceptors (Lipinski definition) is 7. The maximum absolute atomic E-state index is 13.5. The van der Waals surface area contributed by atoms with E-state index >= 15 is 0 Å². The molecule has 0 aliphatic carbocycles. The number of H-pyrrole nitrogens is 1. The summed E-state index contributed by atoms with van der Waals surface area (Å²) >= 11 is 4.22. The van der Waals surface area contributed by atoms with E-state index in [1.807, 2.05) is 54.6 Å². The first-order valence-corrected chi connectivity index (χ1v) is 14.6. The largest absolute Gasteiger partial charge is 0.508 e. The molecular weight excluding hydrogens is 582 g/mol. The third-order valence-corrected chi connectivity index (χ3v) is 7.54. The van der Waals surface area contributed by atoms with Crippen molar-refractivity contribution in [1.29, 1.82) is 0 Å². The minimum atomic E-state index is -1.29. The van der Waals surface area contributed by atoms with Crippen molar-refractivity contribution in [2.75, 3.05) is 5.75 Å². The lowest BCUT2D eigenvalue weighted by atomic mass is 10.0. The zero-order valence-corrected chi connectivity index (χ0v) is 24.7. The van der Waals surface area contributed by atoms with E-state index < -0.39 is 47.9 Å². The summed E-state index contributed by atoms with van der Waals surface area (Å²) in [5, 5.41) is 28.2. The van der Waals surface area contributed by atoms with Gasteiger partial charge < -0.3 is 36.9 Å². The zero-order valence-electron chi connectivity index (χ0n) is 23.8. The molecule has 3 amide bonds. The third kappa shape index (κ3) is 8.62. The van der Waals surface area contributed by atoms with E-state index in [1.165, 1.54) is 12.1 Å². The summed E-state index contributed by atoms with van der Waals surface area (Å²) < 4.78 is 0. The molecule has 0 radical (unpaired) electrons. The van der Waals surface area contributed by atoms with E-state index in [1.54, 1.807) is 18.3 Å². The second kappa shape index (κ2) is 15.1. The second-order valence-corrected chi connectivity index (χ2v) is 10.8. The molecule has 44 heavy (non-hydrogen) atoms. The summed E-state index contributed by atoms with van der Waals surface area (Å²) in [5.74, 6) is -3.29. The van der Waals surface area contributed by atoms with Crippen LogP contribution in [0.4, 0.5) is 0 Å². The fourth-order valence-corrected chi connectivity index (χ4v) is 5.03. The maximum atomic E-state index is 13.5. The highest BCUT2D eigenvalue weighted by Gasteiger charge is 2.30. The van der Waals surface area contributed by atoms with E-state index in [0.29, 0.717) is 11.1 Å². The number of amides is 3. The summed E-state index contributed by atoms with van der Waals surface area (Å²) in [6.45, 7) is 0. The number of carbonyl (C=O) groups excluding carboxylic acids is 3. The Morgan fingerprint density at radius 3 is 2.00 bits per heavy atom. The van der Waals surface area contributed by atoms with E-state index in [9.17, 15) is 29.4 Å². The van der Waals surface area contributed by atoms with Crippen LogP contribution in [0.15, 0.2) is 85.1 Å². The van der Waals surface area contributed by atoms with Gasteiger partial charge in [0, 0.05) is 35.7 Å². The van der Waals surface area contributed by atoms with Crippen LogP contribution in [0.1, 0.15) is 16.7 Å². The highest BCUT2D eigenvalue weighted by Crippen LogP contribution is 2.19. The molecule has 8 N–H and O–H groups in total. The highest BCUT2D eigenvalue weighted by molar-refractivity contribution is 7.80. The summed E-state index contributed by atoms with van der Waals surface area (Å²) in [6, 6.07) is 18.1. The number of phenolic OH excluding ortho intramolecular Hbond substituents is 1. The summed E-state index contributed by atoms with van der Waals surface area (Å²) in [4.78, 5) is 54.9. The molecular formula is C32H35N5O6S. The number of para-hydroxylation sites is 1. The minimum Gasteiger partial charge on any atom is -0.508 e. The number of carbonyl (C=O) groups is 4. The summed E-state index contributed by atoms with van der Waals surface area (Å²) in [6.07, 6.45) is 1.94. The quantitative estimate of drug-likeness (QED) is 0.0989. The van der Waals surface area contributed by atoms with Crippen LogP contribution in [0.25, 0.3) is 10.9 Å². The average Bonchev–Trinajstić information content (AvgIpc) is 3.43. The molecule has 0 aliphatic heterocycles. The molecule has 4 aromatic rings. The topological polar surface area (TPSA) is 187 Å². The first kappa shape index (κ1) is 32.1. The van der Waals surface area contributed by atoms with Crippen molar-refractivity contribution in [2.45, 2.75) is 43.4 Å². The SMILES string of the molecule is N[C@H](Cc1ccccc1)C(=O)N[C@@H](CS)C(=O)N[C@@H](Cc1ccc(O)cc1)C(=O)N[C@H](Cc1c[nH]c2ccccc12)C(=O)O. The number of hydrogen-bond donors (Lipinski definition) is 8. The van der Waals surface area contributed by atoms with Gasteiger partial charge >= 0.3 is 5.97 Å². The normalized spacial score (nSPS) is 13.8. The van der Waals surface area contributed by atoms with Gasteiger partial charge in [-0.15, -0.1) is 0 Å². The van der Waals surface area contributed by atoms with Crippen LogP contribution in [0.5, 0.6) is 5.75 Å². The number of aliphatic carboxylic acids is 1. The highest BCUT2D eigenvalue weighted by atomic mass is 32.1. The molecule has 11 nitrogen and oxygen atoms in total. The number of phenols is 1. The molecule has 12 heteroatoms. The molecule has 4 rings (SSSR count). The van der Waals surface area contributed by atoms with Crippen LogP contribution in [0, 0.1) is 0 Å². The van der Waals surface area contributed by atoms with E-state index in [0.717, 1.165) is 16.5 Å². The van der Waals surface area contributed by atoms with Crippen molar-refractivity contribution in [3.05, 3.63) is 102 Å². The zero-order chi connectivity index (χ0) is 31.6. The number of aromatic nitrogens is 1. The van der Waals surface area contributed by atoms with Gasteiger partial charge in [0.2, 0.25) is 17.7 Å². The van der Waals surface area contributed by atoms with Crippen molar-refractivity contribution in [3.8, 4) is 5.75 Å². The number of carboxylic acid groups (broad SMARTS) is 1. The fourth-order valence-electron chi connectivity index (χ4n) is 4.78. The van der Waals surface area contributed by atoms with Crippen LogP contribution < -0.4 is 21.7 Å². The molecule has 0 fully saturated rings. The Kier molecular flexibility index (Phi) is 11.0. The molecule has 1 aromatic heterocycles. The third-order valence-electron chi connectivity index (χ3n) is 7.17. The standard InChI is InChI=1S/C32H35N5O6S/c33-24(14-19-6-2-1-3-7-19)29(39)37-28(18-44)31(41)35-26(15-20-10-12-22(38)13-11-20)30(40)36-27(32(42)43)16-21-17-34-25-9-5-4-8-23(21)25/h1-13,17,24,26-28,34,38,44H,14-16,18,33H2,(H,35,41)(H,36,40)(H,37,39)(H,42,43)/t24-,26+,27-,28+/m1/s1. The second-order valence-electron chi connectivity index (χ2n) is 10.4. The number of benzene rings is 3. The predicted molar refractivity (Wildman–Crippen MR) is 169 cm³/mol. The molecule has 0 saturated carbocycles. The molecule has 0 unspecified atom stereocenters.